The van der Waals surface area contributed by atoms with Gasteiger partial charge in [-0.1, -0.05) is 56.5 Å². The van der Waals surface area contributed by atoms with Crippen molar-refractivity contribution in [2.24, 2.45) is 7.05 Å². The van der Waals surface area contributed by atoms with Crippen molar-refractivity contribution in [2.75, 3.05) is 28.7 Å². The van der Waals surface area contributed by atoms with Gasteiger partial charge in [0.2, 0.25) is 0 Å². The number of aryl methyl sites for hydroxylation is 1. The number of rotatable bonds is 12. The number of hydrogen-bond donors (Lipinski definition) is 2. The zero-order chi connectivity index (χ0) is 32.6. The fourth-order valence-corrected chi connectivity index (χ4v) is 5.02. The van der Waals surface area contributed by atoms with Crippen molar-refractivity contribution in [3.05, 3.63) is 96.0 Å². The Morgan fingerprint density at radius 3 is 2.37 bits per heavy atom. The Labute approximate surface area is 265 Å². The third kappa shape index (κ3) is 6.85. The number of carbonyl (C=O) groups is 4. The van der Waals surface area contributed by atoms with Crippen LogP contribution in [0, 0.1) is 0 Å². The molecular formula is C34H36N6O6. The summed E-state index contributed by atoms with van der Waals surface area (Å²) in [6.07, 6.45) is 4.64. The minimum absolute atomic E-state index is 0.0223. The molecule has 5 aromatic rings. The molecule has 238 valence electrons. The first-order valence-electron chi connectivity index (χ1n) is 15.2. The molecule has 0 spiro atoms. The average Bonchev–Trinajstić information content (AvgIpc) is 3.78. The molecular weight excluding hydrogens is 588 g/mol. The molecule has 3 heterocycles. The summed E-state index contributed by atoms with van der Waals surface area (Å²) in [5, 5.41) is 9.77. The number of nitrogens with zero attached hydrogens (tertiary/aromatic N) is 4. The highest BCUT2D eigenvalue weighted by atomic mass is 16.6. The molecule has 0 radical (unpaired) electrons. The van der Waals surface area contributed by atoms with E-state index in [2.05, 4.69) is 22.7 Å². The van der Waals surface area contributed by atoms with E-state index >= 15 is 0 Å². The molecule has 2 aromatic carbocycles. The molecule has 0 aliphatic carbocycles. The zero-order valence-electron chi connectivity index (χ0n) is 26.0. The van der Waals surface area contributed by atoms with Gasteiger partial charge in [-0.15, -0.1) is 5.10 Å². The molecule has 0 saturated heterocycles. The predicted octanol–water partition coefficient (Wildman–Crippen LogP) is 6.70. The first-order valence-corrected chi connectivity index (χ1v) is 15.2. The lowest BCUT2D eigenvalue weighted by atomic mass is 10.1. The summed E-state index contributed by atoms with van der Waals surface area (Å²) in [6, 6.07) is 20.4. The van der Waals surface area contributed by atoms with E-state index in [0.29, 0.717) is 24.3 Å². The summed E-state index contributed by atoms with van der Waals surface area (Å²) < 4.78 is 14.1. The highest BCUT2D eigenvalue weighted by Gasteiger charge is 2.28. The lowest BCUT2D eigenvalue weighted by molar-refractivity contribution is 0.0962. The van der Waals surface area contributed by atoms with Gasteiger partial charge in [-0.05, 0) is 49.7 Å². The van der Waals surface area contributed by atoms with Crippen LogP contribution in [0.1, 0.15) is 70.9 Å². The van der Waals surface area contributed by atoms with Crippen LogP contribution < -0.4 is 15.5 Å². The van der Waals surface area contributed by atoms with Crippen molar-refractivity contribution in [3.8, 4) is 0 Å². The number of carbonyl (C=O) groups excluding carboxylic acids is 4. The van der Waals surface area contributed by atoms with E-state index < -0.39 is 23.8 Å². The highest BCUT2D eigenvalue weighted by molar-refractivity contribution is 6.14. The average molecular weight is 625 g/mol. The molecule has 0 saturated carbocycles. The number of unbranched alkanes of at least 4 members (excludes halogenated alkanes) is 3. The van der Waals surface area contributed by atoms with E-state index in [1.165, 1.54) is 11.0 Å². The molecule has 0 fully saturated rings. The van der Waals surface area contributed by atoms with E-state index in [0.717, 1.165) is 23.9 Å². The van der Waals surface area contributed by atoms with Crippen LogP contribution in [0.2, 0.25) is 0 Å². The van der Waals surface area contributed by atoms with Crippen LogP contribution in [0.4, 0.5) is 22.0 Å². The van der Waals surface area contributed by atoms with Gasteiger partial charge in [0.15, 0.2) is 17.2 Å². The molecule has 0 aliphatic heterocycles. The molecule has 12 nitrogen and oxygen atoms in total. The number of fused-ring (bicyclic) bond motifs is 1. The second-order valence-corrected chi connectivity index (χ2v) is 10.6. The minimum Gasteiger partial charge on any atom is -0.448 e. The van der Waals surface area contributed by atoms with Crippen molar-refractivity contribution in [3.63, 3.8) is 0 Å². The zero-order valence-corrected chi connectivity index (χ0v) is 26.0. The van der Waals surface area contributed by atoms with Crippen LogP contribution in [0.15, 0.2) is 83.4 Å². The van der Waals surface area contributed by atoms with Gasteiger partial charge in [0.05, 0.1) is 17.9 Å². The topological polar surface area (TPSA) is 141 Å². The maximum atomic E-state index is 13.6. The molecule has 3 amide bonds. The minimum atomic E-state index is -0.771. The van der Waals surface area contributed by atoms with Crippen LogP contribution in [0.25, 0.3) is 11.1 Å². The molecule has 3 aromatic heterocycles. The third-order valence-corrected chi connectivity index (χ3v) is 7.42. The first kappa shape index (κ1) is 31.8. The second-order valence-electron chi connectivity index (χ2n) is 10.6. The highest BCUT2D eigenvalue weighted by Crippen LogP contribution is 2.30. The number of nitrogens with one attached hydrogen (secondary N) is 2. The number of hydrogen-bond acceptors (Lipinski definition) is 7. The molecule has 0 aliphatic rings. The fourth-order valence-electron chi connectivity index (χ4n) is 5.02. The summed E-state index contributed by atoms with van der Waals surface area (Å²) in [5.74, 6) is -1.59. The summed E-state index contributed by atoms with van der Waals surface area (Å²) in [4.78, 5) is 54.7. The number of amides is 3. The van der Waals surface area contributed by atoms with E-state index in [1.807, 2.05) is 25.1 Å². The van der Waals surface area contributed by atoms with Gasteiger partial charge in [0.25, 0.3) is 17.7 Å². The van der Waals surface area contributed by atoms with Crippen molar-refractivity contribution >= 4 is 52.1 Å². The fraction of sp³-hybridized carbons (Fsp3) is 0.265. The molecule has 2 N–H and O–H groups in total. The molecule has 5 rings (SSSR count). The van der Waals surface area contributed by atoms with Crippen LogP contribution in [-0.4, -0.2) is 51.3 Å². The Hall–Kier alpha value is -5.65. The molecule has 0 bridgehead atoms. The largest absolute Gasteiger partial charge is 0.448 e. The van der Waals surface area contributed by atoms with Gasteiger partial charge >= 0.3 is 6.09 Å². The van der Waals surface area contributed by atoms with E-state index in [-0.39, 0.29) is 40.5 Å². The number of ether oxygens (including phenoxy) is 1. The normalized spacial score (nSPS) is 10.9. The quantitative estimate of drug-likeness (QED) is 0.147. The Balaban J connectivity index is 1.46. The predicted molar refractivity (Wildman–Crippen MR) is 174 cm³/mol. The summed E-state index contributed by atoms with van der Waals surface area (Å²) in [6.45, 7) is 4.48. The Morgan fingerprint density at radius 2 is 1.65 bits per heavy atom. The monoisotopic (exact) mass is 624 g/mol. The van der Waals surface area contributed by atoms with Crippen molar-refractivity contribution in [1.82, 2.24) is 14.3 Å². The molecule has 46 heavy (non-hydrogen) atoms. The van der Waals surface area contributed by atoms with Crippen molar-refractivity contribution < 1.29 is 28.3 Å². The maximum absolute atomic E-state index is 13.6. The smallest absolute Gasteiger partial charge is 0.435 e. The summed E-state index contributed by atoms with van der Waals surface area (Å²) in [5.41, 5.74) is 1.68. The Kier molecular flexibility index (Phi) is 9.96. The number of para-hydroxylation sites is 2. The molecule has 12 heteroatoms. The standard InChI is InChI=1S/C34H36N6O6/c1-4-6-7-13-21-45-34(44)40-27-22-28(33(43)39(5-2)23-15-9-8-10-16-23)46-29(27)30(37-40)36-31(41)24-17-11-12-18-25(24)35-32(42)26-19-14-20-38(26)3/h8-12,14-20,22H,4-7,13,21H2,1-3H3,(H,35,42)(H,36,37,41). The van der Waals surface area contributed by atoms with Gasteiger partial charge in [0.1, 0.15) is 11.2 Å². The van der Waals surface area contributed by atoms with Crippen LogP contribution in [0.5, 0.6) is 0 Å². The Bertz CT molecular complexity index is 1850. The van der Waals surface area contributed by atoms with Crippen LogP contribution in [-0.2, 0) is 11.8 Å². The lowest BCUT2D eigenvalue weighted by Crippen LogP contribution is -2.30. The first-order chi connectivity index (χ1) is 22.3. The number of furan rings is 1. The van der Waals surface area contributed by atoms with Gasteiger partial charge in [-0.25, -0.2) is 4.79 Å². The summed E-state index contributed by atoms with van der Waals surface area (Å²) >= 11 is 0. The number of aromatic nitrogens is 3. The maximum Gasteiger partial charge on any atom is 0.435 e. The SMILES string of the molecule is CCCCCCOC(=O)n1nc(NC(=O)c2ccccc2NC(=O)c2cccn2C)c2oc(C(=O)N(CC)c3ccccc3)cc21. The lowest BCUT2D eigenvalue weighted by Gasteiger charge is -2.19. The van der Waals surface area contributed by atoms with Crippen LogP contribution in [0.3, 0.4) is 0 Å². The van der Waals surface area contributed by atoms with Gasteiger partial charge in [0, 0.05) is 31.5 Å². The van der Waals surface area contributed by atoms with Crippen molar-refractivity contribution in [1.29, 1.82) is 0 Å². The molecule has 0 atom stereocenters. The van der Waals surface area contributed by atoms with Gasteiger partial charge in [-0.3, -0.25) is 14.4 Å². The van der Waals surface area contributed by atoms with Crippen LogP contribution >= 0.6 is 0 Å². The van der Waals surface area contributed by atoms with Crippen molar-refractivity contribution in [2.45, 2.75) is 39.5 Å². The summed E-state index contributed by atoms with van der Waals surface area (Å²) in [7, 11) is 1.74. The molecule has 0 unspecified atom stereocenters. The number of benzene rings is 2. The van der Waals surface area contributed by atoms with E-state index in [4.69, 9.17) is 9.15 Å². The second kappa shape index (κ2) is 14.4. The van der Waals surface area contributed by atoms with Gasteiger partial charge < -0.3 is 29.3 Å². The van der Waals surface area contributed by atoms with Gasteiger partial charge in [-0.2, -0.15) is 4.68 Å². The third-order valence-electron chi connectivity index (χ3n) is 7.42. The number of anilines is 3. The van der Waals surface area contributed by atoms with E-state index in [9.17, 15) is 19.2 Å². The van der Waals surface area contributed by atoms with E-state index in [1.54, 1.807) is 66.3 Å². The Morgan fingerprint density at radius 1 is 0.891 bits per heavy atom.